The number of benzene rings is 1. The van der Waals surface area contributed by atoms with Gasteiger partial charge in [-0.25, -0.2) is 0 Å². The van der Waals surface area contributed by atoms with Crippen molar-refractivity contribution in [1.82, 2.24) is 10.2 Å². The van der Waals surface area contributed by atoms with Gasteiger partial charge in [0.1, 0.15) is 6.04 Å². The van der Waals surface area contributed by atoms with Crippen LogP contribution in [0, 0.1) is 13.8 Å². The lowest BCUT2D eigenvalue weighted by molar-refractivity contribution is -0.146. The molecule has 0 saturated carbocycles. The predicted molar refractivity (Wildman–Crippen MR) is 89.5 cm³/mol. The molecule has 1 aromatic carbocycles. The van der Waals surface area contributed by atoms with E-state index in [0.29, 0.717) is 13.1 Å². The van der Waals surface area contributed by atoms with Crippen LogP contribution in [0.1, 0.15) is 17.5 Å². The number of anilines is 1. The summed E-state index contributed by atoms with van der Waals surface area (Å²) < 4.78 is 4.63. The van der Waals surface area contributed by atoms with Gasteiger partial charge in [-0.05, 0) is 37.1 Å². The van der Waals surface area contributed by atoms with Crippen LogP contribution in [0.2, 0.25) is 0 Å². The molecule has 1 aliphatic rings. The maximum absolute atomic E-state index is 12.3. The number of rotatable bonds is 5. The highest BCUT2D eigenvalue weighted by atomic mass is 16.5. The number of ether oxygens (including phenoxy) is 1. The van der Waals surface area contributed by atoms with Crippen molar-refractivity contribution in [1.29, 1.82) is 0 Å². The summed E-state index contributed by atoms with van der Waals surface area (Å²) in [5.41, 5.74) is 2.85. The Morgan fingerprint density at radius 3 is 2.58 bits per heavy atom. The summed E-state index contributed by atoms with van der Waals surface area (Å²) >= 11 is 0. The largest absolute Gasteiger partial charge is 0.469 e. The van der Waals surface area contributed by atoms with Crippen molar-refractivity contribution in [3.8, 4) is 0 Å². The Kier molecular flexibility index (Phi) is 5.92. The van der Waals surface area contributed by atoms with Gasteiger partial charge in [0.25, 0.3) is 0 Å². The normalized spacial score (nSPS) is 18.0. The first kappa shape index (κ1) is 17.9. The summed E-state index contributed by atoms with van der Waals surface area (Å²) in [7, 11) is 1.28. The first-order chi connectivity index (χ1) is 11.4. The zero-order valence-corrected chi connectivity index (χ0v) is 14.2. The maximum Gasteiger partial charge on any atom is 0.307 e. The lowest BCUT2D eigenvalue weighted by Gasteiger charge is -2.33. The third-order valence-corrected chi connectivity index (χ3v) is 3.88. The van der Waals surface area contributed by atoms with Gasteiger partial charge >= 0.3 is 5.97 Å². The summed E-state index contributed by atoms with van der Waals surface area (Å²) in [5, 5.41) is 5.55. The molecule has 0 spiro atoms. The molecule has 1 fully saturated rings. The standard InChI is InChI=1S/C17H23N3O4/c1-11-6-12(2)8-13(7-11)19-15(21)10-20-5-4-18-17(23)14(20)9-16(22)24-3/h6-8,14H,4-5,9-10H2,1-3H3,(H,18,23)(H,19,21)/t14-/m1/s1. The number of amides is 2. The van der Waals surface area contributed by atoms with E-state index in [4.69, 9.17) is 0 Å². The van der Waals surface area contributed by atoms with Crippen molar-refractivity contribution in [2.45, 2.75) is 26.3 Å². The zero-order chi connectivity index (χ0) is 17.7. The quantitative estimate of drug-likeness (QED) is 0.771. The van der Waals surface area contributed by atoms with Crippen LogP contribution in [-0.2, 0) is 19.1 Å². The van der Waals surface area contributed by atoms with Crippen molar-refractivity contribution in [2.75, 3.05) is 32.1 Å². The van der Waals surface area contributed by atoms with E-state index in [1.807, 2.05) is 32.0 Å². The van der Waals surface area contributed by atoms with Crippen LogP contribution in [0.4, 0.5) is 5.69 Å². The topological polar surface area (TPSA) is 87.7 Å². The third-order valence-electron chi connectivity index (χ3n) is 3.88. The van der Waals surface area contributed by atoms with E-state index in [2.05, 4.69) is 15.4 Å². The molecule has 0 bridgehead atoms. The molecule has 0 aliphatic carbocycles. The van der Waals surface area contributed by atoms with Crippen molar-refractivity contribution in [3.05, 3.63) is 29.3 Å². The summed E-state index contributed by atoms with van der Waals surface area (Å²) in [5.74, 6) is -0.952. The molecular formula is C17H23N3O4. The molecule has 1 heterocycles. The lowest BCUT2D eigenvalue weighted by atomic mass is 10.1. The maximum atomic E-state index is 12.3. The molecule has 0 aromatic heterocycles. The van der Waals surface area contributed by atoms with Crippen LogP contribution in [0.25, 0.3) is 0 Å². The van der Waals surface area contributed by atoms with E-state index in [1.165, 1.54) is 7.11 Å². The van der Waals surface area contributed by atoms with Crippen LogP contribution in [-0.4, -0.2) is 55.5 Å². The first-order valence-electron chi connectivity index (χ1n) is 7.86. The number of carbonyl (C=O) groups excluding carboxylic acids is 3. The molecule has 1 aromatic rings. The van der Waals surface area contributed by atoms with Crippen molar-refractivity contribution in [2.24, 2.45) is 0 Å². The monoisotopic (exact) mass is 333 g/mol. The molecule has 7 nitrogen and oxygen atoms in total. The summed E-state index contributed by atoms with van der Waals surface area (Å²) in [6.45, 7) is 4.93. The van der Waals surface area contributed by atoms with E-state index >= 15 is 0 Å². The van der Waals surface area contributed by atoms with E-state index in [1.54, 1.807) is 4.90 Å². The Labute approximate surface area is 141 Å². The molecule has 2 rings (SSSR count). The Hall–Kier alpha value is -2.41. The van der Waals surface area contributed by atoms with Crippen LogP contribution < -0.4 is 10.6 Å². The number of piperazine rings is 1. The number of esters is 1. The molecule has 1 aliphatic heterocycles. The van der Waals surface area contributed by atoms with Gasteiger partial charge in [-0.3, -0.25) is 19.3 Å². The second-order valence-electron chi connectivity index (χ2n) is 5.98. The number of nitrogens with zero attached hydrogens (tertiary/aromatic N) is 1. The number of nitrogens with one attached hydrogen (secondary N) is 2. The molecule has 24 heavy (non-hydrogen) atoms. The Bertz CT molecular complexity index is 624. The molecule has 7 heteroatoms. The second-order valence-corrected chi connectivity index (χ2v) is 5.98. The highest BCUT2D eigenvalue weighted by Gasteiger charge is 2.33. The molecule has 1 saturated heterocycles. The fourth-order valence-electron chi connectivity index (χ4n) is 2.85. The Balaban J connectivity index is 2.02. The molecule has 130 valence electrons. The number of hydrogen-bond acceptors (Lipinski definition) is 5. The smallest absolute Gasteiger partial charge is 0.307 e. The van der Waals surface area contributed by atoms with Crippen LogP contribution in [0.15, 0.2) is 18.2 Å². The molecular weight excluding hydrogens is 310 g/mol. The van der Waals surface area contributed by atoms with Gasteiger partial charge in [0, 0.05) is 18.8 Å². The predicted octanol–water partition coefficient (Wildman–Crippen LogP) is 0.605. The minimum Gasteiger partial charge on any atom is -0.469 e. The average molecular weight is 333 g/mol. The van der Waals surface area contributed by atoms with Gasteiger partial charge in [-0.1, -0.05) is 6.07 Å². The fourth-order valence-corrected chi connectivity index (χ4v) is 2.85. The minimum atomic E-state index is -0.684. The van der Waals surface area contributed by atoms with E-state index in [9.17, 15) is 14.4 Å². The third kappa shape index (κ3) is 4.79. The summed E-state index contributed by atoms with van der Waals surface area (Å²) in [6.07, 6.45) is -0.0703. The van der Waals surface area contributed by atoms with Gasteiger partial charge in [0.05, 0.1) is 20.1 Å². The summed E-state index contributed by atoms with van der Waals surface area (Å²) in [6, 6.07) is 5.12. The van der Waals surface area contributed by atoms with Crippen LogP contribution >= 0.6 is 0 Å². The van der Waals surface area contributed by atoms with E-state index in [0.717, 1.165) is 16.8 Å². The lowest BCUT2D eigenvalue weighted by Crippen LogP contribution is -2.57. The molecule has 2 N–H and O–H groups in total. The van der Waals surface area contributed by atoms with Crippen molar-refractivity contribution in [3.63, 3.8) is 0 Å². The Morgan fingerprint density at radius 2 is 1.96 bits per heavy atom. The highest BCUT2D eigenvalue weighted by molar-refractivity contribution is 5.93. The zero-order valence-electron chi connectivity index (χ0n) is 14.2. The Morgan fingerprint density at radius 1 is 1.29 bits per heavy atom. The number of hydrogen-bond donors (Lipinski definition) is 2. The van der Waals surface area contributed by atoms with Gasteiger partial charge in [0.15, 0.2) is 0 Å². The SMILES string of the molecule is COC(=O)C[C@@H]1C(=O)NCCN1CC(=O)Nc1cc(C)cc(C)c1. The van der Waals surface area contributed by atoms with Crippen molar-refractivity contribution >= 4 is 23.5 Å². The number of methoxy groups -OCH3 is 1. The molecule has 0 unspecified atom stereocenters. The molecule has 0 radical (unpaired) electrons. The molecule has 2 amide bonds. The van der Waals surface area contributed by atoms with Crippen molar-refractivity contribution < 1.29 is 19.1 Å². The van der Waals surface area contributed by atoms with Gasteiger partial charge < -0.3 is 15.4 Å². The fraction of sp³-hybridized carbons (Fsp3) is 0.471. The number of aryl methyl sites for hydroxylation is 2. The van der Waals surface area contributed by atoms with Gasteiger partial charge in [-0.15, -0.1) is 0 Å². The number of carbonyl (C=O) groups is 3. The minimum absolute atomic E-state index is 0.0437. The van der Waals surface area contributed by atoms with Gasteiger partial charge in [-0.2, -0.15) is 0 Å². The summed E-state index contributed by atoms with van der Waals surface area (Å²) in [4.78, 5) is 37.5. The average Bonchev–Trinajstić information content (AvgIpc) is 2.49. The van der Waals surface area contributed by atoms with E-state index in [-0.39, 0.29) is 24.8 Å². The van der Waals surface area contributed by atoms with Gasteiger partial charge in [0.2, 0.25) is 11.8 Å². The second kappa shape index (κ2) is 7.92. The first-order valence-corrected chi connectivity index (χ1v) is 7.86. The van der Waals surface area contributed by atoms with Crippen LogP contribution in [0.5, 0.6) is 0 Å². The van der Waals surface area contributed by atoms with E-state index < -0.39 is 12.0 Å². The molecule has 1 atom stereocenters. The highest BCUT2D eigenvalue weighted by Crippen LogP contribution is 2.15. The van der Waals surface area contributed by atoms with Crippen LogP contribution in [0.3, 0.4) is 0 Å².